The monoisotopic (exact) mass is 341 g/mol. The number of benzene rings is 2. The van der Waals surface area contributed by atoms with Crippen molar-refractivity contribution in [1.29, 1.82) is 0 Å². The first kappa shape index (κ1) is 17.0. The summed E-state index contributed by atoms with van der Waals surface area (Å²) in [6.45, 7) is 2.30. The van der Waals surface area contributed by atoms with Gasteiger partial charge in [-0.2, -0.15) is 0 Å². The van der Waals surface area contributed by atoms with Gasteiger partial charge in [0.05, 0.1) is 24.3 Å². The van der Waals surface area contributed by atoms with Crippen LogP contribution in [0, 0.1) is 11.6 Å². The topological polar surface area (TPSA) is 47.6 Å². The van der Waals surface area contributed by atoms with Gasteiger partial charge in [-0.3, -0.25) is 4.79 Å². The van der Waals surface area contributed by atoms with Crippen LogP contribution in [0.15, 0.2) is 30.3 Å². The standard InChI is InChI=1S/C16H14ClF2NO3/c1-3-23-14-5-4-9(6-15(14)22-2)20-16(21)10-7-12(18)13(19)8-11(10)17/h4-8H,3H2,1-2H3,(H,20,21). The van der Waals surface area contributed by atoms with Crippen LogP contribution in [0.2, 0.25) is 5.02 Å². The minimum atomic E-state index is -1.15. The zero-order chi connectivity index (χ0) is 17.0. The van der Waals surface area contributed by atoms with Gasteiger partial charge in [-0.25, -0.2) is 8.78 Å². The molecule has 2 aromatic rings. The van der Waals surface area contributed by atoms with Gasteiger partial charge in [0.1, 0.15) is 0 Å². The van der Waals surface area contributed by atoms with Gasteiger partial charge in [0.2, 0.25) is 0 Å². The van der Waals surface area contributed by atoms with Crippen LogP contribution >= 0.6 is 11.6 Å². The summed E-state index contributed by atoms with van der Waals surface area (Å²) < 4.78 is 36.9. The van der Waals surface area contributed by atoms with Crippen molar-refractivity contribution in [3.63, 3.8) is 0 Å². The van der Waals surface area contributed by atoms with Crippen LogP contribution in [0.4, 0.5) is 14.5 Å². The van der Waals surface area contributed by atoms with E-state index in [0.29, 0.717) is 23.8 Å². The number of amides is 1. The predicted octanol–water partition coefficient (Wildman–Crippen LogP) is 4.28. The molecule has 0 aliphatic heterocycles. The second-order valence-electron chi connectivity index (χ2n) is 4.50. The van der Waals surface area contributed by atoms with Crippen molar-refractivity contribution >= 4 is 23.2 Å². The molecule has 4 nitrogen and oxygen atoms in total. The Morgan fingerprint density at radius 2 is 1.87 bits per heavy atom. The molecule has 0 aromatic heterocycles. The smallest absolute Gasteiger partial charge is 0.257 e. The molecule has 122 valence electrons. The van der Waals surface area contributed by atoms with Gasteiger partial charge >= 0.3 is 0 Å². The number of carbonyl (C=O) groups excluding carboxylic acids is 1. The lowest BCUT2D eigenvalue weighted by Gasteiger charge is -2.12. The molecule has 0 bridgehead atoms. The molecule has 7 heteroatoms. The Balaban J connectivity index is 2.25. The highest BCUT2D eigenvalue weighted by molar-refractivity contribution is 6.34. The van der Waals surface area contributed by atoms with E-state index in [0.717, 1.165) is 12.1 Å². The lowest BCUT2D eigenvalue weighted by molar-refractivity contribution is 0.102. The van der Waals surface area contributed by atoms with Gasteiger partial charge in [0.15, 0.2) is 23.1 Å². The quantitative estimate of drug-likeness (QED) is 0.826. The molecule has 0 saturated carbocycles. The Morgan fingerprint density at radius 1 is 1.17 bits per heavy atom. The van der Waals surface area contributed by atoms with Gasteiger partial charge in [-0.05, 0) is 31.2 Å². The Bertz CT molecular complexity index is 738. The Kier molecular flexibility index (Phi) is 5.39. The molecule has 2 aromatic carbocycles. The van der Waals surface area contributed by atoms with Crippen molar-refractivity contribution < 1.29 is 23.0 Å². The van der Waals surface area contributed by atoms with E-state index in [2.05, 4.69) is 5.32 Å². The van der Waals surface area contributed by atoms with Crippen LogP contribution in [-0.2, 0) is 0 Å². The SMILES string of the molecule is CCOc1ccc(NC(=O)c2cc(F)c(F)cc2Cl)cc1OC. The summed E-state index contributed by atoms with van der Waals surface area (Å²) >= 11 is 5.78. The molecule has 1 amide bonds. The van der Waals surface area contributed by atoms with Gasteiger partial charge in [-0.1, -0.05) is 11.6 Å². The molecule has 0 fully saturated rings. The molecule has 0 heterocycles. The summed E-state index contributed by atoms with van der Waals surface area (Å²) in [7, 11) is 1.47. The van der Waals surface area contributed by atoms with E-state index in [1.165, 1.54) is 7.11 Å². The molecular formula is C16H14ClF2NO3. The van der Waals surface area contributed by atoms with Gasteiger partial charge in [0.25, 0.3) is 5.91 Å². The molecule has 0 radical (unpaired) electrons. The van der Waals surface area contributed by atoms with Gasteiger partial charge in [0, 0.05) is 11.8 Å². The fourth-order valence-electron chi connectivity index (χ4n) is 1.92. The lowest BCUT2D eigenvalue weighted by Crippen LogP contribution is -2.13. The summed E-state index contributed by atoms with van der Waals surface area (Å²) in [5.74, 6) is -1.97. The summed E-state index contributed by atoms with van der Waals surface area (Å²) in [6.07, 6.45) is 0. The van der Waals surface area contributed by atoms with E-state index in [9.17, 15) is 13.6 Å². The number of nitrogens with one attached hydrogen (secondary N) is 1. The van der Waals surface area contributed by atoms with E-state index in [-0.39, 0.29) is 10.6 Å². The first-order chi connectivity index (χ1) is 11.0. The fourth-order valence-corrected chi connectivity index (χ4v) is 2.15. The third kappa shape index (κ3) is 3.90. The molecule has 2 rings (SSSR count). The maximum atomic E-state index is 13.3. The maximum absolute atomic E-state index is 13.3. The minimum Gasteiger partial charge on any atom is -0.493 e. The van der Waals surface area contributed by atoms with Crippen molar-refractivity contribution in [2.75, 3.05) is 19.0 Å². The van der Waals surface area contributed by atoms with Crippen LogP contribution in [0.5, 0.6) is 11.5 Å². The predicted molar refractivity (Wildman–Crippen MR) is 83.5 cm³/mol. The highest BCUT2D eigenvalue weighted by Crippen LogP contribution is 2.30. The van der Waals surface area contributed by atoms with Crippen molar-refractivity contribution in [2.24, 2.45) is 0 Å². The van der Waals surface area contributed by atoms with E-state index in [1.54, 1.807) is 18.2 Å². The van der Waals surface area contributed by atoms with Crippen LogP contribution in [0.1, 0.15) is 17.3 Å². The number of anilines is 1. The average Bonchev–Trinajstić information content (AvgIpc) is 2.52. The molecule has 0 spiro atoms. The van der Waals surface area contributed by atoms with E-state index < -0.39 is 17.5 Å². The molecular weight excluding hydrogens is 328 g/mol. The number of carbonyl (C=O) groups is 1. The lowest BCUT2D eigenvalue weighted by atomic mass is 10.2. The highest BCUT2D eigenvalue weighted by Gasteiger charge is 2.16. The van der Waals surface area contributed by atoms with Crippen LogP contribution < -0.4 is 14.8 Å². The molecule has 0 atom stereocenters. The van der Waals surface area contributed by atoms with Crippen molar-refractivity contribution in [2.45, 2.75) is 6.92 Å². The van der Waals surface area contributed by atoms with Gasteiger partial charge < -0.3 is 14.8 Å². The normalized spacial score (nSPS) is 10.3. The van der Waals surface area contributed by atoms with E-state index in [1.807, 2.05) is 6.92 Å². The minimum absolute atomic E-state index is 0.168. The van der Waals surface area contributed by atoms with Crippen LogP contribution in [-0.4, -0.2) is 19.6 Å². The zero-order valence-electron chi connectivity index (χ0n) is 12.5. The number of methoxy groups -OCH3 is 1. The Hall–Kier alpha value is -2.34. The van der Waals surface area contributed by atoms with Crippen molar-refractivity contribution in [3.05, 3.63) is 52.6 Å². The molecule has 0 unspecified atom stereocenters. The summed E-state index contributed by atoms with van der Waals surface area (Å²) in [6, 6.07) is 6.28. The van der Waals surface area contributed by atoms with Crippen LogP contribution in [0.25, 0.3) is 0 Å². The number of halogens is 3. The second-order valence-corrected chi connectivity index (χ2v) is 4.91. The average molecular weight is 342 g/mol. The number of hydrogen-bond acceptors (Lipinski definition) is 3. The largest absolute Gasteiger partial charge is 0.493 e. The summed E-state index contributed by atoms with van der Waals surface area (Å²) in [4.78, 5) is 12.2. The molecule has 0 aliphatic rings. The second kappa shape index (κ2) is 7.28. The van der Waals surface area contributed by atoms with E-state index in [4.69, 9.17) is 21.1 Å². The number of hydrogen-bond donors (Lipinski definition) is 1. The first-order valence-electron chi connectivity index (χ1n) is 6.73. The molecule has 1 N–H and O–H groups in total. The van der Waals surface area contributed by atoms with E-state index >= 15 is 0 Å². The van der Waals surface area contributed by atoms with Gasteiger partial charge in [-0.15, -0.1) is 0 Å². The first-order valence-corrected chi connectivity index (χ1v) is 7.10. The zero-order valence-corrected chi connectivity index (χ0v) is 13.2. The molecule has 23 heavy (non-hydrogen) atoms. The summed E-state index contributed by atoms with van der Waals surface area (Å²) in [5, 5.41) is 2.36. The Labute approximate surface area is 137 Å². The molecule has 0 saturated heterocycles. The fraction of sp³-hybridized carbons (Fsp3) is 0.188. The summed E-state index contributed by atoms with van der Waals surface area (Å²) in [5.41, 5.74) is 0.231. The number of rotatable bonds is 5. The molecule has 0 aliphatic carbocycles. The van der Waals surface area contributed by atoms with Crippen molar-refractivity contribution in [1.82, 2.24) is 0 Å². The number of ether oxygens (including phenoxy) is 2. The Morgan fingerprint density at radius 3 is 2.52 bits per heavy atom. The third-order valence-corrected chi connectivity index (χ3v) is 3.29. The van der Waals surface area contributed by atoms with Crippen LogP contribution in [0.3, 0.4) is 0 Å². The maximum Gasteiger partial charge on any atom is 0.257 e. The van der Waals surface area contributed by atoms with Crippen molar-refractivity contribution in [3.8, 4) is 11.5 Å². The third-order valence-electron chi connectivity index (χ3n) is 2.98. The highest BCUT2D eigenvalue weighted by atomic mass is 35.5.